The van der Waals surface area contributed by atoms with Crippen LogP contribution in [0.3, 0.4) is 0 Å². The molecular weight excluding hydrogens is 306 g/mol. The third kappa shape index (κ3) is 2.01. The molecular formula is C14H16BrN3O. The van der Waals surface area contributed by atoms with Gasteiger partial charge in [0.25, 0.3) is 0 Å². The third-order valence-electron chi connectivity index (χ3n) is 3.88. The van der Waals surface area contributed by atoms with Gasteiger partial charge in [-0.1, -0.05) is 28.1 Å². The summed E-state index contributed by atoms with van der Waals surface area (Å²) in [7, 11) is 1.95. The van der Waals surface area contributed by atoms with Gasteiger partial charge < -0.3 is 9.67 Å². The first kappa shape index (κ1) is 12.8. The quantitative estimate of drug-likeness (QED) is 0.924. The van der Waals surface area contributed by atoms with Crippen molar-refractivity contribution >= 4 is 15.9 Å². The van der Waals surface area contributed by atoms with Gasteiger partial charge in [-0.15, -0.1) is 10.2 Å². The lowest BCUT2D eigenvalue weighted by atomic mass is 9.56. The van der Waals surface area contributed by atoms with Crippen LogP contribution < -0.4 is 0 Å². The molecule has 2 aromatic rings. The maximum Gasteiger partial charge on any atom is 0.143 e. The van der Waals surface area contributed by atoms with Crippen molar-refractivity contribution in [3.8, 4) is 0 Å². The van der Waals surface area contributed by atoms with E-state index in [1.165, 1.54) is 5.56 Å². The lowest BCUT2D eigenvalue weighted by Crippen LogP contribution is -2.54. The third-order valence-corrected chi connectivity index (χ3v) is 4.38. The van der Waals surface area contributed by atoms with E-state index in [4.69, 9.17) is 0 Å². The van der Waals surface area contributed by atoms with Crippen LogP contribution in [0.2, 0.25) is 0 Å². The molecule has 1 saturated carbocycles. The molecule has 0 spiro atoms. The number of benzene rings is 1. The molecule has 0 unspecified atom stereocenters. The molecule has 4 nitrogen and oxygen atoms in total. The number of hydrogen-bond acceptors (Lipinski definition) is 3. The minimum absolute atomic E-state index is 0.238. The topological polar surface area (TPSA) is 50.9 Å². The van der Waals surface area contributed by atoms with Crippen molar-refractivity contribution in [3.05, 3.63) is 46.5 Å². The maximum atomic E-state index is 10.2. The van der Waals surface area contributed by atoms with E-state index < -0.39 is 5.60 Å². The molecule has 19 heavy (non-hydrogen) atoms. The molecule has 5 heteroatoms. The van der Waals surface area contributed by atoms with Gasteiger partial charge in [0, 0.05) is 11.5 Å². The van der Waals surface area contributed by atoms with Crippen molar-refractivity contribution in [2.24, 2.45) is 7.05 Å². The Balaban J connectivity index is 2.12. The average Bonchev–Trinajstić information content (AvgIpc) is 2.72. The zero-order valence-corrected chi connectivity index (χ0v) is 12.6. The van der Waals surface area contributed by atoms with Crippen LogP contribution in [-0.2, 0) is 12.5 Å². The number of nitrogens with zero attached hydrogens (tertiary/aromatic N) is 3. The summed E-state index contributed by atoms with van der Waals surface area (Å²) in [6.45, 7) is 1.87. The van der Waals surface area contributed by atoms with Gasteiger partial charge in [0.15, 0.2) is 0 Å². The molecule has 0 radical (unpaired) electrons. The smallest absolute Gasteiger partial charge is 0.143 e. The molecule has 3 rings (SSSR count). The summed E-state index contributed by atoms with van der Waals surface area (Å²) >= 11 is 3.51. The SMILES string of the molecule is Cn1cnnc1C1(c2cccc(Br)c2)CC(C)(O)C1. The first-order chi connectivity index (χ1) is 8.93. The van der Waals surface area contributed by atoms with Gasteiger partial charge in [-0.25, -0.2) is 0 Å². The average molecular weight is 322 g/mol. The molecule has 1 heterocycles. The lowest BCUT2D eigenvalue weighted by molar-refractivity contribution is -0.0646. The maximum absolute atomic E-state index is 10.2. The standard InChI is InChI=1S/C14H16BrN3O/c1-13(19)7-14(8-13,12-17-16-9-18(12)2)10-4-3-5-11(15)6-10/h3-6,9,19H,7-8H2,1-2H3. The van der Waals surface area contributed by atoms with Gasteiger partial charge in [-0.05, 0) is 37.5 Å². The van der Waals surface area contributed by atoms with E-state index in [1.807, 2.05) is 30.7 Å². The Hall–Kier alpha value is -1.20. The van der Waals surface area contributed by atoms with Crippen molar-refractivity contribution in [1.29, 1.82) is 0 Å². The van der Waals surface area contributed by atoms with Crippen LogP contribution in [0.15, 0.2) is 35.1 Å². The summed E-state index contributed by atoms with van der Waals surface area (Å²) in [5, 5.41) is 18.5. The number of halogens is 1. The van der Waals surface area contributed by atoms with Crippen LogP contribution in [0.25, 0.3) is 0 Å². The van der Waals surface area contributed by atoms with E-state index in [0.29, 0.717) is 12.8 Å². The van der Waals surface area contributed by atoms with Gasteiger partial charge >= 0.3 is 0 Å². The summed E-state index contributed by atoms with van der Waals surface area (Å²) in [4.78, 5) is 0. The van der Waals surface area contributed by atoms with Crippen LogP contribution in [-0.4, -0.2) is 25.5 Å². The first-order valence-electron chi connectivity index (χ1n) is 6.26. The zero-order chi connectivity index (χ0) is 13.7. The lowest BCUT2D eigenvalue weighted by Gasteiger charge is -2.51. The molecule has 0 amide bonds. The Morgan fingerprint density at radius 2 is 2.11 bits per heavy atom. The molecule has 1 aromatic carbocycles. The van der Waals surface area contributed by atoms with Crippen molar-refractivity contribution in [3.63, 3.8) is 0 Å². The van der Waals surface area contributed by atoms with E-state index >= 15 is 0 Å². The van der Waals surface area contributed by atoms with Crippen molar-refractivity contribution < 1.29 is 5.11 Å². The summed E-state index contributed by atoms with van der Waals surface area (Å²) in [6, 6.07) is 8.22. The van der Waals surface area contributed by atoms with Crippen molar-refractivity contribution in [1.82, 2.24) is 14.8 Å². The van der Waals surface area contributed by atoms with Gasteiger partial charge in [0.2, 0.25) is 0 Å². The minimum atomic E-state index is -0.631. The molecule has 100 valence electrons. The number of aryl methyl sites for hydroxylation is 1. The fourth-order valence-electron chi connectivity index (χ4n) is 3.24. The highest BCUT2D eigenvalue weighted by Gasteiger charge is 2.55. The molecule has 1 aliphatic rings. The molecule has 0 bridgehead atoms. The predicted molar refractivity (Wildman–Crippen MR) is 75.8 cm³/mol. The molecule has 1 aliphatic carbocycles. The van der Waals surface area contributed by atoms with Gasteiger partial charge in [-0.3, -0.25) is 0 Å². The highest BCUT2D eigenvalue weighted by atomic mass is 79.9. The predicted octanol–water partition coefficient (Wildman–Crippen LogP) is 2.41. The Kier molecular flexibility index (Phi) is 2.80. The van der Waals surface area contributed by atoms with Crippen molar-refractivity contribution in [2.45, 2.75) is 30.8 Å². The monoisotopic (exact) mass is 321 g/mol. The second-order valence-corrected chi connectivity index (χ2v) is 6.62. The number of aliphatic hydroxyl groups is 1. The number of aromatic nitrogens is 3. The summed E-state index contributed by atoms with van der Waals surface area (Å²) in [5.41, 5.74) is 0.303. The Bertz CT molecular complexity index is 613. The highest BCUT2D eigenvalue weighted by molar-refractivity contribution is 9.10. The normalized spacial score (nSPS) is 30.1. The van der Waals surface area contributed by atoms with E-state index in [-0.39, 0.29) is 5.41 Å². The van der Waals surface area contributed by atoms with Crippen molar-refractivity contribution in [2.75, 3.05) is 0 Å². The Morgan fingerprint density at radius 3 is 2.63 bits per heavy atom. The highest BCUT2D eigenvalue weighted by Crippen LogP contribution is 2.53. The van der Waals surface area contributed by atoms with Gasteiger partial charge in [0.05, 0.1) is 11.0 Å². The Labute approximate surface area is 120 Å². The number of hydrogen-bond donors (Lipinski definition) is 1. The van der Waals surface area contributed by atoms with Crippen LogP contribution in [0.1, 0.15) is 31.2 Å². The second kappa shape index (κ2) is 4.15. The molecule has 0 saturated heterocycles. The molecule has 1 aromatic heterocycles. The molecule has 1 N–H and O–H groups in total. The van der Waals surface area contributed by atoms with E-state index in [0.717, 1.165) is 10.3 Å². The zero-order valence-electron chi connectivity index (χ0n) is 11.0. The van der Waals surface area contributed by atoms with Crippen LogP contribution in [0.5, 0.6) is 0 Å². The molecule has 0 atom stereocenters. The summed E-state index contributed by atoms with van der Waals surface area (Å²) in [6.07, 6.45) is 3.05. The van der Waals surface area contributed by atoms with E-state index in [1.54, 1.807) is 6.33 Å². The van der Waals surface area contributed by atoms with Crippen LogP contribution in [0, 0.1) is 0 Å². The molecule has 0 aliphatic heterocycles. The van der Waals surface area contributed by atoms with E-state index in [2.05, 4.69) is 38.3 Å². The minimum Gasteiger partial charge on any atom is -0.390 e. The largest absolute Gasteiger partial charge is 0.390 e. The second-order valence-electron chi connectivity index (χ2n) is 5.71. The fraction of sp³-hybridized carbons (Fsp3) is 0.429. The Morgan fingerprint density at radius 1 is 1.37 bits per heavy atom. The van der Waals surface area contributed by atoms with Crippen LogP contribution >= 0.6 is 15.9 Å². The summed E-state index contributed by atoms with van der Waals surface area (Å²) in [5.74, 6) is 0.914. The molecule has 1 fully saturated rings. The van der Waals surface area contributed by atoms with Gasteiger partial charge in [0.1, 0.15) is 12.2 Å². The van der Waals surface area contributed by atoms with Crippen LogP contribution in [0.4, 0.5) is 0 Å². The van der Waals surface area contributed by atoms with E-state index in [9.17, 15) is 5.11 Å². The fourth-order valence-corrected chi connectivity index (χ4v) is 3.64. The van der Waals surface area contributed by atoms with Gasteiger partial charge in [-0.2, -0.15) is 0 Å². The number of rotatable bonds is 2. The summed E-state index contributed by atoms with van der Waals surface area (Å²) < 4.78 is 2.98. The first-order valence-corrected chi connectivity index (χ1v) is 7.05.